The highest BCUT2D eigenvalue weighted by molar-refractivity contribution is 9.11. The van der Waals surface area contributed by atoms with Crippen molar-refractivity contribution in [2.45, 2.75) is 6.92 Å². The van der Waals surface area contributed by atoms with Gasteiger partial charge in [-0.2, -0.15) is 0 Å². The lowest BCUT2D eigenvalue weighted by molar-refractivity contribution is 0.101. The number of methoxy groups -OCH3 is 1. The topological polar surface area (TPSA) is 35.5 Å². The molecule has 0 unspecified atom stereocenters. The monoisotopic (exact) mass is 416 g/mol. The highest BCUT2D eigenvalue weighted by atomic mass is 79.9. The van der Waals surface area contributed by atoms with Gasteiger partial charge in [-0.3, -0.25) is 4.79 Å². The zero-order chi connectivity index (χ0) is 15.6. The molecule has 21 heavy (non-hydrogen) atoms. The molecule has 2 rings (SSSR count). The minimum atomic E-state index is -0.596. The Bertz CT molecular complexity index is 702. The van der Waals surface area contributed by atoms with Gasteiger partial charge in [-0.1, -0.05) is 6.07 Å². The Morgan fingerprint density at radius 1 is 1.14 bits per heavy atom. The van der Waals surface area contributed by atoms with E-state index < -0.39 is 5.82 Å². The predicted octanol–water partition coefficient (Wildman–Crippen LogP) is 5.35. The largest absolute Gasteiger partial charge is 0.496 e. The number of ketones is 1. The van der Waals surface area contributed by atoms with Gasteiger partial charge in [0.25, 0.3) is 0 Å². The smallest absolute Gasteiger partial charge is 0.173 e. The molecule has 0 amide bonds. The molecule has 0 radical (unpaired) electrons. The lowest BCUT2D eigenvalue weighted by Crippen LogP contribution is -2.00. The first-order valence-electron chi connectivity index (χ1n) is 5.94. The van der Waals surface area contributed by atoms with Gasteiger partial charge in [0.2, 0.25) is 0 Å². The van der Waals surface area contributed by atoms with Crippen LogP contribution in [0.5, 0.6) is 17.2 Å². The van der Waals surface area contributed by atoms with Crippen LogP contribution in [-0.2, 0) is 0 Å². The molecule has 3 nitrogen and oxygen atoms in total. The molecule has 0 N–H and O–H groups in total. The molecule has 0 fully saturated rings. The minimum Gasteiger partial charge on any atom is -0.496 e. The highest BCUT2D eigenvalue weighted by Crippen LogP contribution is 2.39. The van der Waals surface area contributed by atoms with Gasteiger partial charge in [0, 0.05) is 0 Å². The van der Waals surface area contributed by atoms with Crippen LogP contribution in [0.3, 0.4) is 0 Å². The van der Waals surface area contributed by atoms with Crippen molar-refractivity contribution in [3.8, 4) is 17.2 Å². The predicted molar refractivity (Wildman–Crippen MR) is 84.9 cm³/mol. The third-order valence-corrected chi connectivity index (χ3v) is 4.00. The molecular weight excluding hydrogens is 407 g/mol. The average molecular weight is 418 g/mol. The van der Waals surface area contributed by atoms with Crippen molar-refractivity contribution in [3.63, 3.8) is 0 Å². The summed E-state index contributed by atoms with van der Waals surface area (Å²) in [6.45, 7) is 1.36. The number of Topliss-reactive ketones (excluding diaryl/α,β-unsaturated/α-hetero) is 1. The number of carbonyl (C=O) groups is 1. The molecule has 0 bridgehead atoms. The van der Waals surface area contributed by atoms with Crippen LogP contribution >= 0.6 is 31.9 Å². The van der Waals surface area contributed by atoms with E-state index in [1.165, 1.54) is 32.2 Å². The van der Waals surface area contributed by atoms with Crippen molar-refractivity contribution in [2.75, 3.05) is 7.11 Å². The van der Waals surface area contributed by atoms with E-state index in [9.17, 15) is 9.18 Å². The first-order chi connectivity index (χ1) is 9.93. The maximum Gasteiger partial charge on any atom is 0.173 e. The second-order valence-corrected chi connectivity index (χ2v) is 5.90. The Morgan fingerprint density at radius 2 is 1.76 bits per heavy atom. The van der Waals surface area contributed by atoms with E-state index in [1.807, 2.05) is 0 Å². The van der Waals surface area contributed by atoms with Crippen molar-refractivity contribution in [3.05, 3.63) is 50.7 Å². The second-order valence-electron chi connectivity index (χ2n) is 4.19. The Hall–Kier alpha value is -1.40. The zero-order valence-corrected chi connectivity index (χ0v) is 14.4. The number of benzene rings is 2. The van der Waals surface area contributed by atoms with Crippen LogP contribution in [0.1, 0.15) is 17.3 Å². The molecule has 2 aromatic rings. The zero-order valence-electron chi connectivity index (χ0n) is 11.2. The summed E-state index contributed by atoms with van der Waals surface area (Å²) in [5.41, 5.74) is 0.189. The number of para-hydroxylation sites is 1. The van der Waals surface area contributed by atoms with Crippen molar-refractivity contribution >= 4 is 37.6 Å². The summed E-state index contributed by atoms with van der Waals surface area (Å²) in [6.07, 6.45) is 0. The molecule has 0 aliphatic rings. The average Bonchev–Trinajstić information content (AvgIpc) is 2.44. The molecule has 0 aliphatic carbocycles. The van der Waals surface area contributed by atoms with Crippen LogP contribution in [0.25, 0.3) is 0 Å². The summed E-state index contributed by atoms with van der Waals surface area (Å²) in [7, 11) is 1.54. The van der Waals surface area contributed by atoms with Crippen LogP contribution < -0.4 is 9.47 Å². The molecule has 0 heterocycles. The first-order valence-corrected chi connectivity index (χ1v) is 7.53. The Labute approximate surface area is 138 Å². The number of carbonyl (C=O) groups excluding carboxylic acids is 1. The van der Waals surface area contributed by atoms with Gasteiger partial charge in [-0.15, -0.1) is 0 Å². The maximum atomic E-state index is 13.9. The standard InChI is InChI=1S/C15H11Br2FO3/c1-8(19)9-4-3-5-12(18)15(9)21-14-7-10(16)13(20-2)6-11(14)17/h3-7H,1-2H3. The Morgan fingerprint density at radius 3 is 2.38 bits per heavy atom. The van der Waals surface area contributed by atoms with Crippen LogP contribution in [0.2, 0.25) is 0 Å². The van der Waals surface area contributed by atoms with E-state index >= 15 is 0 Å². The van der Waals surface area contributed by atoms with E-state index in [2.05, 4.69) is 31.9 Å². The van der Waals surface area contributed by atoms with Crippen LogP contribution in [-0.4, -0.2) is 12.9 Å². The van der Waals surface area contributed by atoms with E-state index in [4.69, 9.17) is 9.47 Å². The molecule has 110 valence electrons. The normalized spacial score (nSPS) is 10.3. The fourth-order valence-electron chi connectivity index (χ4n) is 1.74. The van der Waals surface area contributed by atoms with Crippen molar-refractivity contribution < 1.29 is 18.7 Å². The Balaban J connectivity index is 2.48. The third-order valence-electron chi connectivity index (χ3n) is 2.76. The van der Waals surface area contributed by atoms with Crippen LogP contribution in [0.4, 0.5) is 4.39 Å². The summed E-state index contributed by atoms with van der Waals surface area (Å²) < 4.78 is 25.9. The lowest BCUT2D eigenvalue weighted by atomic mass is 10.1. The van der Waals surface area contributed by atoms with Crippen molar-refractivity contribution in [1.29, 1.82) is 0 Å². The maximum absolute atomic E-state index is 13.9. The third kappa shape index (κ3) is 3.44. The molecule has 0 saturated heterocycles. The summed E-state index contributed by atoms with van der Waals surface area (Å²) in [5, 5.41) is 0. The van der Waals surface area contributed by atoms with Gasteiger partial charge < -0.3 is 9.47 Å². The van der Waals surface area contributed by atoms with Crippen molar-refractivity contribution in [1.82, 2.24) is 0 Å². The quantitative estimate of drug-likeness (QED) is 0.628. The summed E-state index contributed by atoms with van der Waals surface area (Å²) >= 11 is 6.67. The van der Waals surface area contributed by atoms with Gasteiger partial charge in [0.15, 0.2) is 17.3 Å². The van der Waals surface area contributed by atoms with Gasteiger partial charge in [0.05, 0.1) is 21.6 Å². The number of halogens is 3. The summed E-state index contributed by atoms with van der Waals surface area (Å²) in [5.74, 6) is 0.0160. The number of hydrogen-bond acceptors (Lipinski definition) is 3. The van der Waals surface area contributed by atoms with Crippen LogP contribution in [0.15, 0.2) is 39.3 Å². The number of hydrogen-bond donors (Lipinski definition) is 0. The molecule has 0 atom stereocenters. The molecule has 0 saturated carbocycles. The highest BCUT2D eigenvalue weighted by Gasteiger charge is 2.17. The van der Waals surface area contributed by atoms with E-state index in [0.717, 1.165) is 0 Å². The van der Waals surface area contributed by atoms with E-state index in [0.29, 0.717) is 20.4 Å². The fourth-order valence-corrected chi connectivity index (χ4v) is 2.63. The molecular formula is C15H11Br2FO3. The molecule has 0 aliphatic heterocycles. The minimum absolute atomic E-state index is 0.0947. The molecule has 6 heteroatoms. The van der Waals surface area contributed by atoms with Gasteiger partial charge in [-0.25, -0.2) is 4.39 Å². The van der Waals surface area contributed by atoms with E-state index in [-0.39, 0.29) is 17.1 Å². The number of ether oxygens (including phenoxy) is 2. The van der Waals surface area contributed by atoms with Gasteiger partial charge in [-0.05, 0) is 63.0 Å². The van der Waals surface area contributed by atoms with Crippen LogP contribution in [0, 0.1) is 5.82 Å². The van der Waals surface area contributed by atoms with Gasteiger partial charge in [0.1, 0.15) is 11.5 Å². The molecule has 0 aromatic heterocycles. The van der Waals surface area contributed by atoms with Crippen molar-refractivity contribution in [2.24, 2.45) is 0 Å². The first kappa shape index (κ1) is 16.0. The fraction of sp³-hybridized carbons (Fsp3) is 0.133. The molecule has 0 spiro atoms. The molecule has 2 aromatic carbocycles. The van der Waals surface area contributed by atoms with Gasteiger partial charge >= 0.3 is 0 Å². The summed E-state index contributed by atoms with van der Waals surface area (Å²) in [6, 6.07) is 7.56. The SMILES string of the molecule is COc1cc(Br)c(Oc2c(F)cccc2C(C)=O)cc1Br. The lowest BCUT2D eigenvalue weighted by Gasteiger charge is -2.13. The van der Waals surface area contributed by atoms with E-state index in [1.54, 1.807) is 12.1 Å². The summed E-state index contributed by atoms with van der Waals surface area (Å²) in [4.78, 5) is 11.6. The number of rotatable bonds is 4. The Kier molecular flexibility index (Phi) is 5.00. The second kappa shape index (κ2) is 6.58.